The molecule has 0 aliphatic heterocycles. The standard InChI is InChI=1S/C16H21N/c1-3-7-14(8-4-2)16-15-10-6-5-9-13(15)11-12-17-16/h5-6,9-12,14H,3-4,7-8H2,1-2H3. The van der Waals surface area contributed by atoms with Crippen LogP contribution in [0, 0.1) is 0 Å². The number of fused-ring (bicyclic) bond motifs is 1. The van der Waals surface area contributed by atoms with Gasteiger partial charge in [0.05, 0.1) is 5.69 Å². The number of benzene rings is 1. The summed E-state index contributed by atoms with van der Waals surface area (Å²) in [5, 5.41) is 2.65. The Morgan fingerprint density at radius 2 is 1.71 bits per heavy atom. The summed E-state index contributed by atoms with van der Waals surface area (Å²) in [4.78, 5) is 4.64. The van der Waals surface area contributed by atoms with E-state index < -0.39 is 0 Å². The average molecular weight is 227 g/mol. The Labute approximate surface area is 104 Å². The maximum atomic E-state index is 4.64. The number of hydrogen-bond donors (Lipinski definition) is 0. The summed E-state index contributed by atoms with van der Waals surface area (Å²) in [5.74, 6) is 0.621. The van der Waals surface area contributed by atoms with E-state index in [0.29, 0.717) is 5.92 Å². The number of nitrogens with zero attached hydrogens (tertiary/aromatic N) is 1. The summed E-state index contributed by atoms with van der Waals surface area (Å²) in [5.41, 5.74) is 1.30. The minimum absolute atomic E-state index is 0.621. The van der Waals surface area contributed by atoms with Crippen molar-refractivity contribution in [1.29, 1.82) is 0 Å². The second kappa shape index (κ2) is 5.81. The van der Waals surface area contributed by atoms with Crippen molar-refractivity contribution in [2.45, 2.75) is 45.4 Å². The van der Waals surface area contributed by atoms with Gasteiger partial charge < -0.3 is 0 Å². The monoisotopic (exact) mass is 227 g/mol. The molecule has 1 heterocycles. The van der Waals surface area contributed by atoms with Gasteiger partial charge in [-0.05, 0) is 24.3 Å². The number of hydrogen-bond acceptors (Lipinski definition) is 1. The Hall–Kier alpha value is -1.37. The Kier molecular flexibility index (Phi) is 4.13. The van der Waals surface area contributed by atoms with Crippen LogP contribution in [0.3, 0.4) is 0 Å². The van der Waals surface area contributed by atoms with Crippen molar-refractivity contribution in [1.82, 2.24) is 4.98 Å². The largest absolute Gasteiger partial charge is 0.260 e. The number of pyridine rings is 1. The maximum absolute atomic E-state index is 4.64. The molecule has 0 amide bonds. The van der Waals surface area contributed by atoms with Gasteiger partial charge in [-0.15, -0.1) is 0 Å². The fraction of sp³-hybridized carbons (Fsp3) is 0.438. The minimum atomic E-state index is 0.621. The third kappa shape index (κ3) is 2.66. The van der Waals surface area contributed by atoms with Crippen LogP contribution >= 0.6 is 0 Å². The van der Waals surface area contributed by atoms with E-state index in [1.54, 1.807) is 0 Å². The first-order valence-corrected chi connectivity index (χ1v) is 6.70. The van der Waals surface area contributed by atoms with Crippen molar-refractivity contribution in [2.75, 3.05) is 0 Å². The van der Waals surface area contributed by atoms with Crippen LogP contribution in [0.1, 0.15) is 51.1 Å². The minimum Gasteiger partial charge on any atom is -0.260 e. The molecule has 0 radical (unpaired) electrons. The molecule has 90 valence electrons. The quantitative estimate of drug-likeness (QED) is 0.706. The van der Waals surface area contributed by atoms with Crippen LogP contribution in [0.4, 0.5) is 0 Å². The fourth-order valence-electron chi connectivity index (χ4n) is 2.58. The lowest BCUT2D eigenvalue weighted by atomic mass is 9.91. The summed E-state index contributed by atoms with van der Waals surface area (Å²) >= 11 is 0. The normalized spacial score (nSPS) is 11.2. The zero-order valence-electron chi connectivity index (χ0n) is 10.8. The third-order valence-electron chi connectivity index (χ3n) is 3.37. The summed E-state index contributed by atoms with van der Waals surface area (Å²) < 4.78 is 0. The predicted octanol–water partition coefficient (Wildman–Crippen LogP) is 4.92. The van der Waals surface area contributed by atoms with E-state index >= 15 is 0 Å². The molecule has 0 aliphatic rings. The van der Waals surface area contributed by atoms with Gasteiger partial charge in [-0.25, -0.2) is 0 Å². The lowest BCUT2D eigenvalue weighted by molar-refractivity contribution is 0.552. The number of aromatic nitrogens is 1. The van der Waals surface area contributed by atoms with E-state index in [-0.39, 0.29) is 0 Å². The molecule has 0 atom stereocenters. The Bertz CT molecular complexity index is 464. The van der Waals surface area contributed by atoms with Crippen LogP contribution in [0.25, 0.3) is 10.8 Å². The van der Waals surface area contributed by atoms with E-state index in [9.17, 15) is 0 Å². The van der Waals surface area contributed by atoms with Crippen molar-refractivity contribution in [3.05, 3.63) is 42.2 Å². The highest BCUT2D eigenvalue weighted by molar-refractivity contribution is 5.84. The van der Waals surface area contributed by atoms with Crippen LogP contribution < -0.4 is 0 Å². The van der Waals surface area contributed by atoms with E-state index in [4.69, 9.17) is 0 Å². The van der Waals surface area contributed by atoms with Gasteiger partial charge in [0, 0.05) is 17.5 Å². The second-order valence-electron chi connectivity index (χ2n) is 4.69. The van der Waals surface area contributed by atoms with Gasteiger partial charge in [0.2, 0.25) is 0 Å². The molecule has 1 nitrogen and oxygen atoms in total. The molecule has 1 aromatic heterocycles. The first-order chi connectivity index (χ1) is 8.36. The van der Waals surface area contributed by atoms with Crippen molar-refractivity contribution >= 4 is 10.8 Å². The van der Waals surface area contributed by atoms with Gasteiger partial charge in [0.25, 0.3) is 0 Å². The molecule has 2 aromatic rings. The summed E-state index contributed by atoms with van der Waals surface area (Å²) in [7, 11) is 0. The summed E-state index contributed by atoms with van der Waals surface area (Å²) in [6.07, 6.45) is 6.91. The molecular weight excluding hydrogens is 206 g/mol. The van der Waals surface area contributed by atoms with Gasteiger partial charge in [0.15, 0.2) is 0 Å². The summed E-state index contributed by atoms with van der Waals surface area (Å²) in [6, 6.07) is 10.7. The molecule has 0 saturated heterocycles. The SMILES string of the molecule is CCCC(CCC)c1nccc2ccccc12. The predicted molar refractivity (Wildman–Crippen MR) is 74.3 cm³/mol. The average Bonchev–Trinajstić information content (AvgIpc) is 2.38. The number of rotatable bonds is 5. The molecule has 1 aromatic carbocycles. The zero-order chi connectivity index (χ0) is 12.1. The van der Waals surface area contributed by atoms with Crippen molar-refractivity contribution in [3.63, 3.8) is 0 Å². The molecule has 0 aliphatic carbocycles. The highest BCUT2D eigenvalue weighted by Crippen LogP contribution is 2.30. The molecule has 0 unspecified atom stereocenters. The molecule has 17 heavy (non-hydrogen) atoms. The van der Waals surface area contributed by atoms with Gasteiger partial charge >= 0.3 is 0 Å². The molecule has 0 saturated carbocycles. The van der Waals surface area contributed by atoms with E-state index in [2.05, 4.69) is 49.2 Å². The Morgan fingerprint density at radius 3 is 2.41 bits per heavy atom. The van der Waals surface area contributed by atoms with Crippen LogP contribution in [0.5, 0.6) is 0 Å². The van der Waals surface area contributed by atoms with Crippen LogP contribution in [0.2, 0.25) is 0 Å². The van der Waals surface area contributed by atoms with E-state index in [1.807, 2.05) is 6.20 Å². The van der Waals surface area contributed by atoms with Crippen molar-refractivity contribution in [2.24, 2.45) is 0 Å². The molecule has 0 fully saturated rings. The highest BCUT2D eigenvalue weighted by atomic mass is 14.7. The van der Waals surface area contributed by atoms with Crippen LogP contribution in [-0.2, 0) is 0 Å². The first kappa shape index (κ1) is 12.1. The maximum Gasteiger partial charge on any atom is 0.0512 e. The molecule has 2 rings (SSSR count). The molecule has 0 bridgehead atoms. The van der Waals surface area contributed by atoms with Gasteiger partial charge in [0.1, 0.15) is 0 Å². The van der Waals surface area contributed by atoms with Crippen molar-refractivity contribution < 1.29 is 0 Å². The van der Waals surface area contributed by atoms with Crippen molar-refractivity contribution in [3.8, 4) is 0 Å². The van der Waals surface area contributed by atoms with Gasteiger partial charge in [-0.3, -0.25) is 4.98 Å². The Balaban J connectivity index is 2.44. The highest BCUT2D eigenvalue weighted by Gasteiger charge is 2.13. The van der Waals surface area contributed by atoms with E-state index in [0.717, 1.165) is 0 Å². The lowest BCUT2D eigenvalue weighted by Crippen LogP contribution is -2.02. The lowest BCUT2D eigenvalue weighted by Gasteiger charge is -2.16. The summed E-state index contributed by atoms with van der Waals surface area (Å²) in [6.45, 7) is 4.52. The van der Waals surface area contributed by atoms with Gasteiger partial charge in [-0.1, -0.05) is 51.0 Å². The smallest absolute Gasteiger partial charge is 0.0512 e. The molecule has 0 spiro atoms. The Morgan fingerprint density at radius 1 is 1.00 bits per heavy atom. The van der Waals surface area contributed by atoms with E-state index in [1.165, 1.54) is 42.1 Å². The zero-order valence-corrected chi connectivity index (χ0v) is 10.8. The second-order valence-corrected chi connectivity index (χ2v) is 4.69. The van der Waals surface area contributed by atoms with Crippen LogP contribution in [-0.4, -0.2) is 4.98 Å². The fourth-order valence-corrected chi connectivity index (χ4v) is 2.58. The molecule has 1 heteroatoms. The topological polar surface area (TPSA) is 12.9 Å². The van der Waals surface area contributed by atoms with Crippen LogP contribution in [0.15, 0.2) is 36.5 Å². The third-order valence-corrected chi connectivity index (χ3v) is 3.37. The molecule has 0 N–H and O–H groups in total. The van der Waals surface area contributed by atoms with Gasteiger partial charge in [-0.2, -0.15) is 0 Å². The molecular formula is C16H21N. The first-order valence-electron chi connectivity index (χ1n) is 6.70.